The van der Waals surface area contributed by atoms with Crippen molar-refractivity contribution in [2.45, 2.75) is 42.7 Å². The lowest BCUT2D eigenvalue weighted by Crippen LogP contribution is -2.33. The first-order valence-corrected chi connectivity index (χ1v) is 13.3. The molecular formula is C22H26ClNO2S3. The highest BCUT2D eigenvalue weighted by Gasteiger charge is 2.28. The van der Waals surface area contributed by atoms with E-state index in [4.69, 9.17) is 11.6 Å². The zero-order valence-electron chi connectivity index (χ0n) is 16.9. The van der Waals surface area contributed by atoms with E-state index in [0.29, 0.717) is 22.3 Å². The van der Waals surface area contributed by atoms with Crippen LogP contribution in [0.1, 0.15) is 30.9 Å². The molecule has 3 nitrogen and oxygen atoms in total. The van der Waals surface area contributed by atoms with Crippen LogP contribution in [0.3, 0.4) is 0 Å². The molecule has 0 amide bonds. The lowest BCUT2D eigenvalue weighted by atomic mass is 10.2. The average molecular weight is 468 g/mol. The van der Waals surface area contributed by atoms with Gasteiger partial charge in [-0.15, -0.1) is 23.1 Å². The predicted octanol–water partition coefficient (Wildman–Crippen LogP) is 6.75. The first kappa shape index (κ1) is 22.6. The molecule has 3 rings (SSSR count). The summed E-state index contributed by atoms with van der Waals surface area (Å²) in [6, 6.07) is 14.0. The second-order valence-corrected chi connectivity index (χ2v) is 11.9. The third-order valence-corrected chi connectivity index (χ3v) is 9.80. The molecule has 0 spiro atoms. The first-order valence-electron chi connectivity index (χ1n) is 9.71. The van der Waals surface area contributed by atoms with Crippen molar-refractivity contribution in [3.05, 3.63) is 58.6 Å². The van der Waals surface area contributed by atoms with Gasteiger partial charge in [-0.05, 0) is 73.7 Å². The first-order chi connectivity index (χ1) is 13.8. The number of nitrogens with zero attached hydrogens (tertiary/aromatic N) is 1. The van der Waals surface area contributed by atoms with E-state index in [9.17, 15) is 8.42 Å². The van der Waals surface area contributed by atoms with E-state index < -0.39 is 10.0 Å². The topological polar surface area (TPSA) is 37.4 Å². The number of sulfonamides is 1. The second-order valence-electron chi connectivity index (χ2n) is 7.08. The van der Waals surface area contributed by atoms with Gasteiger partial charge in [-0.25, -0.2) is 8.42 Å². The van der Waals surface area contributed by atoms with Gasteiger partial charge in [-0.1, -0.05) is 36.2 Å². The smallest absolute Gasteiger partial charge is 0.206 e. The number of hydrogen-bond donors (Lipinski definition) is 0. The Hall–Kier alpha value is -1.05. The molecule has 29 heavy (non-hydrogen) atoms. The molecule has 156 valence electrons. The molecule has 0 saturated heterocycles. The fraction of sp³-hybridized carbons (Fsp3) is 0.364. The van der Waals surface area contributed by atoms with Crippen molar-refractivity contribution in [3.8, 4) is 0 Å². The van der Waals surface area contributed by atoms with Gasteiger partial charge in [0.15, 0.2) is 0 Å². The summed E-state index contributed by atoms with van der Waals surface area (Å²) in [7, 11) is -3.52. The van der Waals surface area contributed by atoms with Gasteiger partial charge in [0, 0.05) is 27.7 Å². The maximum absolute atomic E-state index is 13.4. The Labute approximate surface area is 187 Å². The van der Waals surface area contributed by atoms with E-state index in [-0.39, 0.29) is 0 Å². The molecule has 0 aliphatic carbocycles. The summed E-state index contributed by atoms with van der Waals surface area (Å²) < 4.78 is 29.8. The summed E-state index contributed by atoms with van der Waals surface area (Å²) in [6.07, 6.45) is 1.60. The highest BCUT2D eigenvalue weighted by atomic mass is 35.5. The van der Waals surface area contributed by atoms with Crippen molar-refractivity contribution < 1.29 is 8.42 Å². The number of thioether (sulfide) groups is 1. The van der Waals surface area contributed by atoms with Crippen LogP contribution < -0.4 is 0 Å². The normalized spacial score (nSPS) is 12.2. The molecule has 2 aromatic carbocycles. The Morgan fingerprint density at radius 3 is 2.62 bits per heavy atom. The van der Waals surface area contributed by atoms with Gasteiger partial charge < -0.3 is 0 Å². The molecule has 0 atom stereocenters. The zero-order chi connectivity index (χ0) is 21.0. The van der Waals surface area contributed by atoms with E-state index in [1.165, 1.54) is 21.8 Å². The number of benzene rings is 2. The maximum Gasteiger partial charge on any atom is 0.252 e. The number of halogens is 1. The Balaban J connectivity index is 1.74. The highest BCUT2D eigenvalue weighted by molar-refractivity contribution is 7.99. The van der Waals surface area contributed by atoms with Crippen molar-refractivity contribution in [1.82, 2.24) is 4.31 Å². The number of fused-ring (bicyclic) bond motifs is 1. The molecule has 0 fully saturated rings. The van der Waals surface area contributed by atoms with Crippen molar-refractivity contribution >= 4 is 54.8 Å². The van der Waals surface area contributed by atoms with E-state index in [2.05, 4.69) is 31.2 Å². The molecule has 0 aliphatic heterocycles. The van der Waals surface area contributed by atoms with Crippen molar-refractivity contribution in [1.29, 1.82) is 0 Å². The standard InChI is InChI=1S/C22H26ClNO2S3/c1-4-11-24(12-6-13-27-19-8-5-7-16(2)14-19)29(25,26)22-17(3)20-15-18(23)9-10-21(20)28-22/h5,7-10,14-15H,4,6,11-13H2,1-3H3. The molecule has 0 bridgehead atoms. The van der Waals surface area contributed by atoms with E-state index in [1.807, 2.05) is 32.0 Å². The summed E-state index contributed by atoms with van der Waals surface area (Å²) in [6.45, 7) is 7.04. The van der Waals surface area contributed by atoms with Gasteiger partial charge in [0.1, 0.15) is 4.21 Å². The van der Waals surface area contributed by atoms with Crippen LogP contribution >= 0.6 is 34.7 Å². The molecule has 1 aromatic heterocycles. The Morgan fingerprint density at radius 2 is 1.90 bits per heavy atom. The number of rotatable bonds is 9. The summed E-state index contributed by atoms with van der Waals surface area (Å²) in [4.78, 5) is 1.23. The van der Waals surface area contributed by atoms with Crippen LogP contribution in [0.15, 0.2) is 51.6 Å². The van der Waals surface area contributed by atoms with Gasteiger partial charge in [0.25, 0.3) is 10.0 Å². The van der Waals surface area contributed by atoms with Gasteiger partial charge in [0.05, 0.1) is 0 Å². The molecule has 0 unspecified atom stereocenters. The van der Waals surface area contributed by atoms with Crippen LogP contribution in [0.5, 0.6) is 0 Å². The molecule has 0 aliphatic rings. The Kier molecular flexibility index (Phi) is 7.68. The van der Waals surface area contributed by atoms with Gasteiger partial charge >= 0.3 is 0 Å². The second kappa shape index (κ2) is 9.84. The molecule has 1 heterocycles. The van der Waals surface area contributed by atoms with Gasteiger partial charge in [-0.2, -0.15) is 4.31 Å². The number of aryl methyl sites for hydroxylation is 2. The minimum absolute atomic E-state index is 0.439. The fourth-order valence-corrected chi connectivity index (χ4v) is 7.85. The molecule has 7 heteroatoms. The van der Waals surface area contributed by atoms with Crippen LogP contribution in [-0.4, -0.2) is 31.6 Å². The summed E-state index contributed by atoms with van der Waals surface area (Å²) in [5, 5.41) is 1.55. The van der Waals surface area contributed by atoms with E-state index >= 15 is 0 Å². The zero-order valence-corrected chi connectivity index (χ0v) is 20.1. The lowest BCUT2D eigenvalue weighted by molar-refractivity contribution is 0.412. The van der Waals surface area contributed by atoms with Crippen LogP contribution in [0.2, 0.25) is 5.02 Å². The van der Waals surface area contributed by atoms with Crippen LogP contribution in [0.4, 0.5) is 0 Å². The van der Waals surface area contributed by atoms with Gasteiger partial charge in [0.2, 0.25) is 0 Å². The van der Waals surface area contributed by atoms with Crippen molar-refractivity contribution in [2.75, 3.05) is 18.8 Å². The third kappa shape index (κ3) is 5.36. The predicted molar refractivity (Wildman–Crippen MR) is 127 cm³/mol. The van der Waals surface area contributed by atoms with Crippen LogP contribution in [-0.2, 0) is 10.0 Å². The summed E-state index contributed by atoms with van der Waals surface area (Å²) in [5.41, 5.74) is 2.04. The van der Waals surface area contributed by atoms with E-state index in [1.54, 1.807) is 16.1 Å². The SMILES string of the molecule is CCCN(CCCSc1cccc(C)c1)S(=O)(=O)c1sc2ccc(Cl)cc2c1C. The molecule has 0 N–H and O–H groups in total. The maximum atomic E-state index is 13.4. The molecular weight excluding hydrogens is 442 g/mol. The molecule has 0 radical (unpaired) electrons. The quantitative estimate of drug-likeness (QED) is 0.258. The van der Waals surface area contributed by atoms with Crippen LogP contribution in [0, 0.1) is 13.8 Å². The molecule has 0 saturated carbocycles. The largest absolute Gasteiger partial charge is 0.252 e. The Morgan fingerprint density at radius 1 is 1.10 bits per heavy atom. The highest BCUT2D eigenvalue weighted by Crippen LogP contribution is 2.37. The monoisotopic (exact) mass is 467 g/mol. The Bertz CT molecular complexity index is 1090. The fourth-order valence-electron chi connectivity index (χ4n) is 3.27. The molecule has 3 aromatic rings. The van der Waals surface area contributed by atoms with Gasteiger partial charge in [-0.3, -0.25) is 0 Å². The third-order valence-electron chi connectivity index (χ3n) is 4.71. The number of thiophene rings is 1. The lowest BCUT2D eigenvalue weighted by Gasteiger charge is -2.21. The number of hydrogen-bond acceptors (Lipinski definition) is 4. The average Bonchev–Trinajstić information content (AvgIpc) is 3.01. The minimum Gasteiger partial charge on any atom is -0.206 e. The summed E-state index contributed by atoms with van der Waals surface area (Å²) in [5.74, 6) is 0.889. The minimum atomic E-state index is -3.52. The van der Waals surface area contributed by atoms with Crippen molar-refractivity contribution in [3.63, 3.8) is 0 Å². The van der Waals surface area contributed by atoms with E-state index in [0.717, 1.165) is 34.2 Å². The van der Waals surface area contributed by atoms with Crippen LogP contribution in [0.25, 0.3) is 10.1 Å². The van der Waals surface area contributed by atoms with Crippen molar-refractivity contribution in [2.24, 2.45) is 0 Å². The summed E-state index contributed by atoms with van der Waals surface area (Å²) >= 11 is 9.23.